The quantitative estimate of drug-likeness (QED) is 0.449. The molecule has 0 saturated carbocycles. The molecule has 0 aromatic heterocycles. The van der Waals surface area contributed by atoms with Gasteiger partial charge in [-0.05, 0) is 31.2 Å². The number of azide groups is 1. The molecule has 0 N–H and O–H groups in total. The molecule has 1 unspecified atom stereocenters. The third-order valence-electron chi connectivity index (χ3n) is 3.87. The van der Waals surface area contributed by atoms with Crippen molar-refractivity contribution in [1.29, 1.82) is 0 Å². The topological polar surface area (TPSA) is 89.4 Å². The molecule has 0 amide bonds. The van der Waals surface area contributed by atoms with Gasteiger partial charge in [0.1, 0.15) is 0 Å². The van der Waals surface area contributed by atoms with Crippen LogP contribution in [-0.2, 0) is 10.2 Å². The third-order valence-corrected chi connectivity index (χ3v) is 5.96. The zero-order valence-corrected chi connectivity index (χ0v) is 11.9. The average molecular weight is 287 g/mol. The van der Waals surface area contributed by atoms with Gasteiger partial charge in [0, 0.05) is 37.1 Å². The molecule has 2 rings (SSSR count). The first kappa shape index (κ1) is 14.6. The van der Waals surface area contributed by atoms with Crippen LogP contribution in [0.2, 0.25) is 0 Å². The number of rotatable bonds is 4. The Morgan fingerprint density at radius 2 is 1.79 bits per heavy atom. The van der Waals surface area contributed by atoms with E-state index in [4.69, 9.17) is 5.53 Å². The van der Waals surface area contributed by atoms with E-state index in [1.807, 2.05) is 0 Å². The van der Waals surface area contributed by atoms with Gasteiger partial charge in [-0.3, -0.25) is 0 Å². The monoisotopic (exact) mass is 287 g/mol. The van der Waals surface area contributed by atoms with Crippen molar-refractivity contribution >= 4 is 10.2 Å². The Kier molecular flexibility index (Phi) is 5.04. The molecule has 7 nitrogen and oxygen atoms in total. The summed E-state index contributed by atoms with van der Waals surface area (Å²) in [6.07, 6.45) is 5.72. The normalized spacial score (nSPS) is 26.8. The van der Waals surface area contributed by atoms with E-state index >= 15 is 0 Å². The van der Waals surface area contributed by atoms with Crippen LogP contribution in [0.1, 0.15) is 38.5 Å². The Morgan fingerprint density at radius 1 is 1.11 bits per heavy atom. The minimum atomic E-state index is -3.38. The minimum absolute atomic E-state index is 0.163. The summed E-state index contributed by atoms with van der Waals surface area (Å²) in [5.41, 5.74) is 8.38. The Labute approximate surface area is 114 Å². The lowest BCUT2D eigenvalue weighted by Gasteiger charge is -2.29. The first-order chi connectivity index (χ1) is 9.16. The molecule has 2 fully saturated rings. The Bertz CT molecular complexity index is 438. The molecule has 2 aliphatic rings. The summed E-state index contributed by atoms with van der Waals surface area (Å²) in [6, 6.07) is -0.163. The zero-order valence-electron chi connectivity index (χ0n) is 11.1. The molecule has 108 valence electrons. The maximum Gasteiger partial charge on any atom is 0.282 e. The summed E-state index contributed by atoms with van der Waals surface area (Å²) < 4.78 is 28.4. The van der Waals surface area contributed by atoms with Gasteiger partial charge >= 0.3 is 0 Å². The van der Waals surface area contributed by atoms with Crippen LogP contribution in [0, 0.1) is 0 Å². The van der Waals surface area contributed by atoms with E-state index in [1.54, 1.807) is 4.31 Å². The summed E-state index contributed by atoms with van der Waals surface area (Å²) in [6.45, 7) is 2.02. The predicted octanol–water partition coefficient (Wildman–Crippen LogP) is 1.88. The van der Waals surface area contributed by atoms with Gasteiger partial charge in [0.25, 0.3) is 10.2 Å². The van der Waals surface area contributed by atoms with Crippen LogP contribution in [0.15, 0.2) is 5.11 Å². The fraction of sp³-hybridized carbons (Fsp3) is 1.00. The summed E-state index contributed by atoms with van der Waals surface area (Å²) >= 11 is 0. The lowest BCUT2D eigenvalue weighted by atomic mass is 10.2. The van der Waals surface area contributed by atoms with Crippen molar-refractivity contribution in [2.45, 2.75) is 44.6 Å². The van der Waals surface area contributed by atoms with Gasteiger partial charge in [-0.25, -0.2) is 0 Å². The van der Waals surface area contributed by atoms with Crippen LogP contribution in [-0.4, -0.2) is 49.2 Å². The van der Waals surface area contributed by atoms with Gasteiger partial charge < -0.3 is 0 Å². The molecule has 8 heteroatoms. The molecule has 19 heavy (non-hydrogen) atoms. The van der Waals surface area contributed by atoms with Crippen LogP contribution >= 0.6 is 0 Å². The molecule has 0 aromatic carbocycles. The lowest BCUT2D eigenvalue weighted by Crippen LogP contribution is -2.47. The summed E-state index contributed by atoms with van der Waals surface area (Å²) in [4.78, 5) is 2.73. The highest BCUT2D eigenvalue weighted by molar-refractivity contribution is 7.86. The van der Waals surface area contributed by atoms with Crippen LogP contribution in [0.4, 0.5) is 0 Å². The van der Waals surface area contributed by atoms with Crippen LogP contribution in [0.3, 0.4) is 0 Å². The van der Waals surface area contributed by atoms with E-state index < -0.39 is 10.2 Å². The first-order valence-corrected chi connectivity index (χ1v) is 8.34. The number of hydrogen-bond acceptors (Lipinski definition) is 3. The van der Waals surface area contributed by atoms with E-state index in [2.05, 4.69) is 10.0 Å². The maximum atomic E-state index is 12.6. The Morgan fingerprint density at radius 3 is 2.42 bits per heavy atom. The van der Waals surface area contributed by atoms with Gasteiger partial charge in [-0.1, -0.05) is 18.0 Å². The second kappa shape index (κ2) is 6.56. The van der Waals surface area contributed by atoms with E-state index in [0.29, 0.717) is 19.6 Å². The Balaban J connectivity index is 2.10. The predicted molar refractivity (Wildman–Crippen MR) is 72.7 cm³/mol. The number of hydrogen-bond donors (Lipinski definition) is 0. The molecule has 1 atom stereocenters. The second-order valence-electron chi connectivity index (χ2n) is 5.14. The summed E-state index contributed by atoms with van der Waals surface area (Å²) in [5.74, 6) is 0. The molecule has 2 saturated heterocycles. The maximum absolute atomic E-state index is 12.6. The lowest BCUT2D eigenvalue weighted by molar-refractivity contribution is 0.330. The summed E-state index contributed by atoms with van der Waals surface area (Å²) in [7, 11) is -3.38. The smallest absolute Gasteiger partial charge is 0.195 e. The van der Waals surface area contributed by atoms with Gasteiger partial charge in [-0.15, -0.1) is 0 Å². The van der Waals surface area contributed by atoms with Crippen molar-refractivity contribution in [3.63, 3.8) is 0 Å². The molecule has 0 aromatic rings. The largest absolute Gasteiger partial charge is 0.282 e. The van der Waals surface area contributed by atoms with Crippen molar-refractivity contribution < 1.29 is 8.42 Å². The summed E-state index contributed by atoms with van der Waals surface area (Å²) in [5, 5.41) is 3.54. The fourth-order valence-corrected chi connectivity index (χ4v) is 4.77. The molecular formula is C11H21N5O2S. The molecule has 0 radical (unpaired) electrons. The van der Waals surface area contributed by atoms with Crippen LogP contribution in [0.25, 0.3) is 10.4 Å². The van der Waals surface area contributed by atoms with Crippen molar-refractivity contribution in [3.05, 3.63) is 10.4 Å². The van der Waals surface area contributed by atoms with Crippen LogP contribution in [0.5, 0.6) is 0 Å². The molecule has 0 aliphatic carbocycles. The molecule has 2 aliphatic heterocycles. The average Bonchev–Trinajstić information content (AvgIpc) is 2.69. The molecule has 2 heterocycles. The van der Waals surface area contributed by atoms with E-state index in [1.165, 1.54) is 4.31 Å². The third kappa shape index (κ3) is 3.39. The standard InChI is InChI=1S/C11H21N5O2S/c12-14-13-10-11-6-5-9-16(11)19(17,18)15-7-3-1-2-4-8-15/h11H,1-10H2. The van der Waals surface area contributed by atoms with Crippen molar-refractivity contribution in [2.24, 2.45) is 5.11 Å². The number of nitrogens with zero attached hydrogens (tertiary/aromatic N) is 5. The highest BCUT2D eigenvalue weighted by Gasteiger charge is 2.37. The van der Waals surface area contributed by atoms with Gasteiger partial charge in [0.05, 0.1) is 0 Å². The van der Waals surface area contributed by atoms with Crippen molar-refractivity contribution in [3.8, 4) is 0 Å². The van der Waals surface area contributed by atoms with Crippen molar-refractivity contribution in [2.75, 3.05) is 26.2 Å². The van der Waals surface area contributed by atoms with Gasteiger partial charge in [-0.2, -0.15) is 17.0 Å². The highest BCUT2D eigenvalue weighted by atomic mass is 32.2. The minimum Gasteiger partial charge on any atom is -0.195 e. The second-order valence-corrected chi connectivity index (χ2v) is 7.02. The Hall–Kier alpha value is -0.820. The fourth-order valence-electron chi connectivity index (χ4n) is 2.85. The first-order valence-electron chi connectivity index (χ1n) is 6.94. The molecule has 0 spiro atoms. The highest BCUT2D eigenvalue weighted by Crippen LogP contribution is 2.25. The van der Waals surface area contributed by atoms with Gasteiger partial charge in [0.2, 0.25) is 0 Å². The van der Waals surface area contributed by atoms with Gasteiger partial charge in [0.15, 0.2) is 0 Å². The van der Waals surface area contributed by atoms with E-state index in [9.17, 15) is 8.42 Å². The van der Waals surface area contributed by atoms with Crippen LogP contribution < -0.4 is 0 Å². The van der Waals surface area contributed by atoms with E-state index in [-0.39, 0.29) is 12.6 Å². The molecule has 0 bridgehead atoms. The molecular weight excluding hydrogens is 266 g/mol. The SMILES string of the molecule is [N-]=[N+]=NCC1CCCN1S(=O)(=O)N1CCCCCC1. The van der Waals surface area contributed by atoms with E-state index in [0.717, 1.165) is 38.5 Å². The van der Waals surface area contributed by atoms with Crippen molar-refractivity contribution in [1.82, 2.24) is 8.61 Å². The zero-order chi connectivity index (χ0) is 13.7.